The SMILES string of the molecule is CCCCC1=C(C)c2cc3[nH]c(cc4nc(cc5[nH]c(cc1n2)c(CCCC)c5C)C1=C4CCc2ccccc21)c1c2ccccc2ccc31. The number of allylic oxidation sites excluding steroid dienone is 3. The van der Waals surface area contributed by atoms with E-state index in [1.54, 1.807) is 0 Å². The summed E-state index contributed by atoms with van der Waals surface area (Å²) in [5.74, 6) is 0. The zero-order valence-electron chi connectivity index (χ0n) is 29.6. The number of nitrogens with zero attached hydrogens (tertiary/aromatic N) is 2. The van der Waals surface area contributed by atoms with Crippen LogP contribution in [0.25, 0.3) is 65.9 Å². The average molecular weight is 653 g/mol. The van der Waals surface area contributed by atoms with Crippen molar-refractivity contribution < 1.29 is 0 Å². The van der Waals surface area contributed by atoms with Crippen LogP contribution < -0.4 is 0 Å². The van der Waals surface area contributed by atoms with Gasteiger partial charge < -0.3 is 9.97 Å². The molecular weight excluding hydrogens is 609 g/mol. The predicted molar refractivity (Wildman–Crippen MR) is 212 cm³/mol. The van der Waals surface area contributed by atoms with Crippen LogP contribution in [0.3, 0.4) is 0 Å². The van der Waals surface area contributed by atoms with Gasteiger partial charge in [-0.15, -0.1) is 0 Å². The molecule has 0 radical (unpaired) electrons. The molecule has 0 fully saturated rings. The average Bonchev–Trinajstić information content (AvgIpc) is 3.84. The summed E-state index contributed by atoms with van der Waals surface area (Å²) >= 11 is 0. The van der Waals surface area contributed by atoms with Crippen molar-refractivity contribution in [3.05, 3.63) is 130 Å². The van der Waals surface area contributed by atoms with Gasteiger partial charge in [0.1, 0.15) is 0 Å². The first kappa shape index (κ1) is 30.8. The maximum Gasteiger partial charge on any atom is 0.0739 e. The van der Waals surface area contributed by atoms with Crippen molar-refractivity contribution in [2.24, 2.45) is 0 Å². The van der Waals surface area contributed by atoms with Gasteiger partial charge in [-0.1, -0.05) is 87.4 Å². The normalized spacial score (nSPS) is 14.2. The molecule has 248 valence electrons. The zero-order chi connectivity index (χ0) is 33.9. The molecule has 4 heteroatoms. The number of fused-ring (bicyclic) bond motifs is 17. The summed E-state index contributed by atoms with van der Waals surface area (Å²) in [6.07, 6.45) is 8.68. The molecule has 3 aliphatic rings. The molecule has 50 heavy (non-hydrogen) atoms. The van der Waals surface area contributed by atoms with E-state index in [1.807, 2.05) is 0 Å². The first-order chi connectivity index (χ1) is 24.5. The van der Waals surface area contributed by atoms with Crippen LogP contribution in [-0.2, 0) is 12.8 Å². The minimum absolute atomic E-state index is 0.974. The molecular formula is C46H44N4. The van der Waals surface area contributed by atoms with Crippen LogP contribution >= 0.6 is 0 Å². The molecule has 0 saturated heterocycles. The number of hydrogen-bond acceptors (Lipinski definition) is 2. The molecule has 0 atom stereocenters. The molecule has 4 nitrogen and oxygen atoms in total. The topological polar surface area (TPSA) is 57.4 Å². The number of rotatable bonds is 6. The fourth-order valence-corrected chi connectivity index (χ4v) is 8.56. The van der Waals surface area contributed by atoms with Crippen LogP contribution in [0.4, 0.5) is 0 Å². The maximum atomic E-state index is 5.50. The lowest BCUT2D eigenvalue weighted by Crippen LogP contribution is -2.02. The van der Waals surface area contributed by atoms with E-state index in [4.69, 9.17) is 9.97 Å². The summed E-state index contributed by atoms with van der Waals surface area (Å²) in [6.45, 7) is 9.10. The number of nitrogens with one attached hydrogen (secondary N) is 2. The Morgan fingerprint density at radius 1 is 0.620 bits per heavy atom. The molecule has 0 amide bonds. The third-order valence-electron chi connectivity index (χ3n) is 11.3. The van der Waals surface area contributed by atoms with Crippen molar-refractivity contribution >= 4 is 65.9 Å². The highest BCUT2D eigenvalue weighted by Gasteiger charge is 2.27. The molecule has 3 aromatic heterocycles. The molecule has 2 aliphatic heterocycles. The number of hydrogen-bond donors (Lipinski definition) is 2. The third kappa shape index (κ3) is 4.95. The molecule has 5 heterocycles. The first-order valence-corrected chi connectivity index (χ1v) is 18.6. The Hall–Kier alpha value is -5.22. The minimum atomic E-state index is 0.974. The van der Waals surface area contributed by atoms with E-state index in [1.165, 1.54) is 71.6 Å². The van der Waals surface area contributed by atoms with Gasteiger partial charge in [-0.3, -0.25) is 0 Å². The fraction of sp³-hybridized carbons (Fsp3) is 0.261. The van der Waals surface area contributed by atoms with Gasteiger partial charge in [-0.25, -0.2) is 9.97 Å². The number of aryl methyl sites for hydroxylation is 3. The van der Waals surface area contributed by atoms with Crippen molar-refractivity contribution in [3.8, 4) is 0 Å². The third-order valence-corrected chi connectivity index (χ3v) is 11.3. The van der Waals surface area contributed by atoms with Gasteiger partial charge in [0.05, 0.1) is 22.8 Å². The number of H-pyrrole nitrogens is 2. The Morgan fingerprint density at radius 3 is 2.22 bits per heavy atom. The standard InChI is InChI=1S/C46H44N4/c1-5-7-15-31-27(3)37-23-41-35-21-19-30-14-10-12-18-34(30)46(35)44(49-41)26-42-36-22-20-29-13-9-11-17-33(29)45(36)43(50-42)24-38-28(4)32(16-8-6-2)40(48-38)25-39(31)47-37/h9-14,17-19,21,23-26,48-49H,5-8,15-16,20,22H2,1-4H3. The van der Waals surface area contributed by atoms with Crippen molar-refractivity contribution in [3.63, 3.8) is 0 Å². The number of benzene rings is 3. The van der Waals surface area contributed by atoms with Crippen molar-refractivity contribution in [2.45, 2.75) is 79.1 Å². The molecule has 0 unspecified atom stereocenters. The summed E-state index contributed by atoms with van der Waals surface area (Å²) in [4.78, 5) is 18.7. The van der Waals surface area contributed by atoms with Crippen LogP contribution in [0.5, 0.6) is 0 Å². The van der Waals surface area contributed by atoms with Gasteiger partial charge in [0.2, 0.25) is 0 Å². The second-order valence-electron chi connectivity index (χ2n) is 14.4. The van der Waals surface area contributed by atoms with Crippen LogP contribution in [-0.4, -0.2) is 19.9 Å². The van der Waals surface area contributed by atoms with Crippen LogP contribution in [0, 0.1) is 6.92 Å². The van der Waals surface area contributed by atoms with Gasteiger partial charge in [-0.2, -0.15) is 0 Å². The van der Waals surface area contributed by atoms with E-state index < -0.39 is 0 Å². The highest BCUT2D eigenvalue weighted by atomic mass is 14.8. The Bertz CT molecular complexity index is 2590. The second-order valence-corrected chi connectivity index (χ2v) is 14.4. The van der Waals surface area contributed by atoms with Gasteiger partial charge in [0.15, 0.2) is 0 Å². The van der Waals surface area contributed by atoms with E-state index >= 15 is 0 Å². The lowest BCUT2D eigenvalue weighted by molar-refractivity contribution is 0.796. The smallest absolute Gasteiger partial charge is 0.0739 e. The predicted octanol–water partition coefficient (Wildman–Crippen LogP) is 12.3. The van der Waals surface area contributed by atoms with Crippen LogP contribution in [0.1, 0.15) is 104 Å². The van der Waals surface area contributed by atoms with Crippen molar-refractivity contribution in [1.29, 1.82) is 0 Å². The Kier molecular flexibility index (Phi) is 7.57. The lowest BCUT2D eigenvalue weighted by atomic mass is 9.84. The fourth-order valence-electron chi connectivity index (χ4n) is 8.56. The minimum Gasteiger partial charge on any atom is -0.355 e. The number of aromatic nitrogens is 4. The van der Waals surface area contributed by atoms with E-state index in [9.17, 15) is 0 Å². The van der Waals surface area contributed by atoms with Gasteiger partial charge in [-0.05, 0) is 126 Å². The number of unbranched alkanes of at least 4 members (excludes halogenated alkanes) is 2. The maximum absolute atomic E-state index is 5.50. The summed E-state index contributed by atoms with van der Waals surface area (Å²) < 4.78 is 0. The summed E-state index contributed by atoms with van der Waals surface area (Å²) in [5, 5.41) is 4.95. The molecule has 6 aromatic rings. The largest absolute Gasteiger partial charge is 0.355 e. The number of aromatic amines is 2. The van der Waals surface area contributed by atoms with Gasteiger partial charge in [0, 0.05) is 38.4 Å². The molecule has 0 saturated carbocycles. The van der Waals surface area contributed by atoms with E-state index in [-0.39, 0.29) is 0 Å². The van der Waals surface area contributed by atoms with E-state index in [0.29, 0.717) is 0 Å². The molecule has 8 bridgehead atoms. The highest BCUT2D eigenvalue weighted by Crippen LogP contribution is 2.44. The Morgan fingerprint density at radius 2 is 1.34 bits per heavy atom. The summed E-state index contributed by atoms with van der Waals surface area (Å²) in [5.41, 5.74) is 19.5. The quantitative estimate of drug-likeness (QED) is 0.188. The summed E-state index contributed by atoms with van der Waals surface area (Å²) in [7, 11) is 0. The van der Waals surface area contributed by atoms with Crippen LogP contribution in [0.2, 0.25) is 0 Å². The molecule has 3 aromatic carbocycles. The molecule has 0 spiro atoms. The zero-order valence-corrected chi connectivity index (χ0v) is 29.6. The molecule has 9 rings (SSSR count). The summed E-state index contributed by atoms with van der Waals surface area (Å²) in [6, 6.07) is 31.4. The van der Waals surface area contributed by atoms with Crippen molar-refractivity contribution in [2.75, 3.05) is 0 Å². The van der Waals surface area contributed by atoms with E-state index in [2.05, 4.69) is 123 Å². The molecule has 2 N–H and O–H groups in total. The highest BCUT2D eigenvalue weighted by molar-refractivity contribution is 6.20. The second kappa shape index (κ2) is 12.3. The molecule has 1 aliphatic carbocycles. The van der Waals surface area contributed by atoms with Gasteiger partial charge >= 0.3 is 0 Å². The Balaban J connectivity index is 1.45. The van der Waals surface area contributed by atoms with Crippen molar-refractivity contribution in [1.82, 2.24) is 19.9 Å². The Labute approximate surface area is 294 Å². The lowest BCUT2D eigenvalue weighted by Gasteiger charge is -2.18. The van der Waals surface area contributed by atoms with E-state index in [0.717, 1.165) is 90.7 Å². The van der Waals surface area contributed by atoms with Crippen LogP contribution in [0.15, 0.2) is 84.9 Å². The van der Waals surface area contributed by atoms with Gasteiger partial charge in [0.25, 0.3) is 0 Å². The monoisotopic (exact) mass is 652 g/mol. The first-order valence-electron chi connectivity index (χ1n) is 18.6.